The lowest BCUT2D eigenvalue weighted by atomic mass is 10.2. The van der Waals surface area contributed by atoms with Crippen molar-refractivity contribution in [2.75, 3.05) is 7.11 Å². The molecule has 0 saturated heterocycles. The average Bonchev–Trinajstić information content (AvgIpc) is 2.27. The highest BCUT2D eigenvalue weighted by atomic mass is 19.4. The predicted molar refractivity (Wildman–Crippen MR) is 47.2 cm³/mol. The standard InChI is InChI=1S/C9H4F7NO3/c1-19-7(18)3-2-4(20-9(14,15)16)5(10)6(17-3)8(11,12)13/h2H,1H3. The fourth-order valence-electron chi connectivity index (χ4n) is 1.10. The highest BCUT2D eigenvalue weighted by Crippen LogP contribution is 2.35. The molecule has 0 aromatic carbocycles. The number of esters is 1. The first kappa shape index (κ1) is 16.0. The third kappa shape index (κ3) is 3.71. The normalized spacial score (nSPS) is 12.2. The van der Waals surface area contributed by atoms with Crippen molar-refractivity contribution < 1.29 is 45.0 Å². The van der Waals surface area contributed by atoms with Crippen molar-refractivity contribution in [3.8, 4) is 5.75 Å². The van der Waals surface area contributed by atoms with Gasteiger partial charge in [-0.2, -0.15) is 13.2 Å². The quantitative estimate of drug-likeness (QED) is 0.622. The van der Waals surface area contributed by atoms with Crippen LogP contribution < -0.4 is 4.74 Å². The number of hydrogen-bond donors (Lipinski definition) is 0. The molecule has 11 heteroatoms. The SMILES string of the molecule is COC(=O)c1cc(OC(F)(F)F)c(F)c(C(F)(F)F)n1. The molecule has 4 nitrogen and oxygen atoms in total. The number of carbonyl (C=O) groups excluding carboxylic acids is 1. The number of methoxy groups -OCH3 is 1. The zero-order valence-electron chi connectivity index (χ0n) is 9.40. The van der Waals surface area contributed by atoms with Crippen LogP contribution in [0.4, 0.5) is 30.7 Å². The number of carbonyl (C=O) groups is 1. The summed E-state index contributed by atoms with van der Waals surface area (Å²) in [7, 11) is 0.755. The van der Waals surface area contributed by atoms with E-state index in [1.165, 1.54) is 0 Å². The van der Waals surface area contributed by atoms with Crippen molar-refractivity contribution in [2.45, 2.75) is 12.5 Å². The van der Waals surface area contributed by atoms with E-state index in [1.54, 1.807) is 0 Å². The van der Waals surface area contributed by atoms with Gasteiger partial charge in [0.1, 0.15) is 0 Å². The van der Waals surface area contributed by atoms with Gasteiger partial charge in [0, 0.05) is 6.07 Å². The second kappa shape index (κ2) is 5.13. The Morgan fingerprint density at radius 1 is 1.20 bits per heavy atom. The van der Waals surface area contributed by atoms with Crippen molar-refractivity contribution >= 4 is 5.97 Å². The van der Waals surface area contributed by atoms with E-state index in [0.717, 1.165) is 7.11 Å². The molecule has 0 atom stereocenters. The number of rotatable bonds is 2. The van der Waals surface area contributed by atoms with E-state index in [9.17, 15) is 35.5 Å². The summed E-state index contributed by atoms with van der Waals surface area (Å²) >= 11 is 0. The van der Waals surface area contributed by atoms with Crippen LogP contribution in [0, 0.1) is 5.82 Å². The van der Waals surface area contributed by atoms with Gasteiger partial charge in [0.05, 0.1) is 7.11 Å². The molecule has 1 heterocycles. The van der Waals surface area contributed by atoms with Crippen LogP contribution in [0.5, 0.6) is 5.75 Å². The Kier molecular flexibility index (Phi) is 4.10. The summed E-state index contributed by atoms with van der Waals surface area (Å²) in [5, 5.41) is 0. The molecule has 0 saturated carbocycles. The Balaban J connectivity index is 3.47. The van der Waals surface area contributed by atoms with Crippen LogP contribution in [0.2, 0.25) is 0 Å². The van der Waals surface area contributed by atoms with E-state index in [-0.39, 0.29) is 6.07 Å². The molecular weight excluding hydrogens is 303 g/mol. The van der Waals surface area contributed by atoms with Gasteiger partial charge in [-0.15, -0.1) is 13.2 Å². The molecule has 0 fully saturated rings. The molecule has 0 aliphatic heterocycles. The topological polar surface area (TPSA) is 48.4 Å². The Morgan fingerprint density at radius 2 is 1.75 bits per heavy atom. The maximum Gasteiger partial charge on any atom is 0.573 e. The minimum atomic E-state index is -5.45. The minimum absolute atomic E-state index is 0.0594. The largest absolute Gasteiger partial charge is 0.573 e. The lowest BCUT2D eigenvalue weighted by molar-refractivity contribution is -0.276. The van der Waals surface area contributed by atoms with Gasteiger partial charge in [0.15, 0.2) is 23.0 Å². The van der Waals surface area contributed by atoms with E-state index in [0.29, 0.717) is 0 Å². The van der Waals surface area contributed by atoms with Crippen molar-refractivity contribution in [1.29, 1.82) is 0 Å². The fourth-order valence-corrected chi connectivity index (χ4v) is 1.10. The van der Waals surface area contributed by atoms with E-state index < -0.39 is 41.5 Å². The van der Waals surface area contributed by atoms with Crippen LogP contribution in [-0.2, 0) is 10.9 Å². The maximum absolute atomic E-state index is 13.3. The molecule has 0 N–H and O–H groups in total. The zero-order chi connectivity index (χ0) is 15.7. The van der Waals surface area contributed by atoms with Gasteiger partial charge < -0.3 is 9.47 Å². The molecule has 0 spiro atoms. The van der Waals surface area contributed by atoms with Gasteiger partial charge in [0.2, 0.25) is 0 Å². The van der Waals surface area contributed by atoms with Crippen molar-refractivity contribution in [3.05, 3.63) is 23.3 Å². The molecule has 1 aromatic rings. The molecule has 112 valence electrons. The van der Waals surface area contributed by atoms with Gasteiger partial charge in [-0.1, -0.05) is 0 Å². The highest BCUT2D eigenvalue weighted by molar-refractivity contribution is 5.87. The first-order valence-electron chi connectivity index (χ1n) is 4.57. The number of nitrogens with zero attached hydrogens (tertiary/aromatic N) is 1. The van der Waals surface area contributed by atoms with E-state index in [1.807, 2.05) is 0 Å². The molecule has 1 aromatic heterocycles. The molecule has 0 aliphatic rings. The van der Waals surface area contributed by atoms with E-state index in [2.05, 4.69) is 14.5 Å². The molecule has 1 rings (SSSR count). The summed E-state index contributed by atoms with van der Waals surface area (Å²) < 4.78 is 93.5. The molecule has 0 amide bonds. The number of aromatic nitrogens is 1. The third-order valence-corrected chi connectivity index (χ3v) is 1.81. The summed E-state index contributed by atoms with van der Waals surface area (Å²) in [5.41, 5.74) is -3.50. The van der Waals surface area contributed by atoms with Crippen molar-refractivity contribution in [3.63, 3.8) is 0 Å². The summed E-state index contributed by atoms with van der Waals surface area (Å²) in [4.78, 5) is 13.6. The van der Waals surface area contributed by atoms with Crippen LogP contribution in [0.25, 0.3) is 0 Å². The van der Waals surface area contributed by atoms with Gasteiger partial charge in [-0.3, -0.25) is 0 Å². The number of hydrogen-bond acceptors (Lipinski definition) is 4. The van der Waals surface area contributed by atoms with Gasteiger partial charge in [-0.25, -0.2) is 14.2 Å². The molecule has 20 heavy (non-hydrogen) atoms. The second-order valence-electron chi connectivity index (χ2n) is 3.21. The predicted octanol–water partition coefficient (Wildman–Crippen LogP) is 2.92. The lowest BCUT2D eigenvalue weighted by Gasteiger charge is -2.14. The summed E-state index contributed by atoms with van der Waals surface area (Å²) in [5.74, 6) is -5.70. The summed E-state index contributed by atoms with van der Waals surface area (Å²) in [6, 6.07) is 0.0594. The number of pyridine rings is 1. The van der Waals surface area contributed by atoms with Crippen molar-refractivity contribution in [2.24, 2.45) is 0 Å². The Hall–Kier alpha value is -2.07. The molecular formula is C9H4F7NO3. The second-order valence-corrected chi connectivity index (χ2v) is 3.21. The smallest absolute Gasteiger partial charge is 0.464 e. The van der Waals surface area contributed by atoms with Crippen LogP contribution in [0.3, 0.4) is 0 Å². The molecule has 0 aliphatic carbocycles. The van der Waals surface area contributed by atoms with Crippen LogP contribution in [-0.4, -0.2) is 24.4 Å². The lowest BCUT2D eigenvalue weighted by Crippen LogP contribution is -2.22. The van der Waals surface area contributed by atoms with Gasteiger partial charge in [-0.05, 0) is 0 Å². The molecule has 0 radical (unpaired) electrons. The number of ether oxygens (including phenoxy) is 2. The summed E-state index contributed by atoms with van der Waals surface area (Å²) in [6.45, 7) is 0. The van der Waals surface area contributed by atoms with Gasteiger partial charge >= 0.3 is 18.5 Å². The Labute approximate surface area is 106 Å². The minimum Gasteiger partial charge on any atom is -0.464 e. The Bertz CT molecular complexity index is 523. The number of halogens is 7. The van der Waals surface area contributed by atoms with Crippen LogP contribution in [0.15, 0.2) is 6.07 Å². The van der Waals surface area contributed by atoms with Crippen LogP contribution >= 0.6 is 0 Å². The molecule has 0 bridgehead atoms. The van der Waals surface area contributed by atoms with Crippen molar-refractivity contribution in [1.82, 2.24) is 4.98 Å². The zero-order valence-corrected chi connectivity index (χ0v) is 9.40. The van der Waals surface area contributed by atoms with E-state index in [4.69, 9.17) is 0 Å². The highest BCUT2D eigenvalue weighted by Gasteiger charge is 2.41. The average molecular weight is 307 g/mol. The third-order valence-electron chi connectivity index (χ3n) is 1.81. The number of alkyl halides is 6. The summed E-state index contributed by atoms with van der Waals surface area (Å²) in [6.07, 6.45) is -10.9. The Morgan fingerprint density at radius 3 is 2.15 bits per heavy atom. The maximum atomic E-state index is 13.3. The first-order valence-corrected chi connectivity index (χ1v) is 4.57. The van der Waals surface area contributed by atoms with Gasteiger partial charge in [0.25, 0.3) is 0 Å². The van der Waals surface area contributed by atoms with Crippen LogP contribution in [0.1, 0.15) is 16.2 Å². The van der Waals surface area contributed by atoms with E-state index >= 15 is 0 Å². The monoisotopic (exact) mass is 307 g/mol. The molecule has 0 unspecified atom stereocenters. The fraction of sp³-hybridized carbons (Fsp3) is 0.333. The first-order chi connectivity index (χ1) is 8.95.